The number of carbonyl (C=O) groups excluding carboxylic acids is 1. The Labute approximate surface area is 126 Å². The molecule has 0 aliphatic carbocycles. The Bertz CT molecular complexity index is 702. The molecular formula is C15H16FN3O3. The van der Waals surface area contributed by atoms with Gasteiger partial charge in [-0.1, -0.05) is 12.1 Å². The molecule has 116 valence electrons. The number of hydrogen-bond donors (Lipinski definition) is 1. The number of rotatable bonds is 6. The molecule has 1 N–H and O–H groups in total. The zero-order valence-corrected chi connectivity index (χ0v) is 12.0. The third-order valence-electron chi connectivity index (χ3n) is 2.95. The number of nitrogens with zero attached hydrogens (tertiary/aromatic N) is 2. The molecule has 1 atom stereocenters. The van der Waals surface area contributed by atoms with Crippen molar-refractivity contribution in [1.29, 1.82) is 0 Å². The van der Waals surface area contributed by atoms with Crippen molar-refractivity contribution in [1.82, 2.24) is 14.9 Å². The number of nitrogens with one attached hydrogen (secondary N) is 1. The van der Waals surface area contributed by atoms with Gasteiger partial charge in [-0.2, -0.15) is 0 Å². The largest absolute Gasteiger partial charge is 0.478 e. The van der Waals surface area contributed by atoms with Crippen molar-refractivity contribution in [3.05, 3.63) is 59.0 Å². The van der Waals surface area contributed by atoms with Gasteiger partial charge in [-0.15, -0.1) is 0 Å². The molecule has 0 spiro atoms. The first-order chi connectivity index (χ1) is 10.6. The minimum Gasteiger partial charge on any atom is -0.478 e. The quantitative estimate of drug-likeness (QED) is 0.863. The lowest BCUT2D eigenvalue weighted by Gasteiger charge is -2.15. The van der Waals surface area contributed by atoms with Crippen LogP contribution in [0.15, 0.2) is 47.7 Å². The van der Waals surface area contributed by atoms with Gasteiger partial charge >= 0.3 is 0 Å². The van der Waals surface area contributed by atoms with E-state index in [1.54, 1.807) is 12.1 Å². The van der Waals surface area contributed by atoms with Crippen LogP contribution in [-0.2, 0) is 11.3 Å². The molecule has 2 rings (SSSR count). The Balaban J connectivity index is 1.83. The molecule has 6 nitrogen and oxygen atoms in total. The number of amides is 1. The number of para-hydroxylation sites is 1. The van der Waals surface area contributed by atoms with Crippen LogP contribution in [0, 0.1) is 5.82 Å². The molecule has 22 heavy (non-hydrogen) atoms. The molecule has 0 aliphatic rings. The highest BCUT2D eigenvalue weighted by Crippen LogP contribution is 2.16. The van der Waals surface area contributed by atoms with E-state index in [0.29, 0.717) is 6.54 Å². The molecule has 2 aromatic rings. The third-order valence-corrected chi connectivity index (χ3v) is 2.95. The van der Waals surface area contributed by atoms with Gasteiger partial charge in [-0.25, -0.2) is 9.37 Å². The van der Waals surface area contributed by atoms with Gasteiger partial charge in [-0.05, 0) is 19.1 Å². The topological polar surface area (TPSA) is 73.2 Å². The standard InChI is InChI=1S/C15H16FN3O3/c1-11(22-13-5-3-2-4-12(13)16)15(21)18-8-9-19-10-17-7-6-14(19)20/h2-7,10-11H,8-9H2,1H3,(H,18,21). The highest BCUT2D eigenvalue weighted by Gasteiger charge is 2.15. The Morgan fingerprint density at radius 2 is 2.18 bits per heavy atom. The first kappa shape index (κ1) is 15.7. The van der Waals surface area contributed by atoms with Gasteiger partial charge in [-0.3, -0.25) is 14.2 Å². The molecule has 0 bridgehead atoms. The van der Waals surface area contributed by atoms with Crippen molar-refractivity contribution >= 4 is 5.91 Å². The van der Waals surface area contributed by atoms with E-state index in [-0.39, 0.29) is 23.8 Å². The van der Waals surface area contributed by atoms with Crippen molar-refractivity contribution in [3.63, 3.8) is 0 Å². The molecule has 0 aliphatic heterocycles. The molecule has 1 heterocycles. The number of hydrogen-bond acceptors (Lipinski definition) is 4. The van der Waals surface area contributed by atoms with E-state index in [2.05, 4.69) is 10.3 Å². The lowest BCUT2D eigenvalue weighted by molar-refractivity contribution is -0.127. The molecule has 7 heteroatoms. The number of carbonyl (C=O) groups is 1. The van der Waals surface area contributed by atoms with Gasteiger partial charge in [0, 0.05) is 25.4 Å². The van der Waals surface area contributed by atoms with E-state index < -0.39 is 11.9 Å². The monoisotopic (exact) mass is 305 g/mol. The lowest BCUT2D eigenvalue weighted by atomic mass is 10.3. The summed E-state index contributed by atoms with van der Waals surface area (Å²) in [4.78, 5) is 27.2. The lowest BCUT2D eigenvalue weighted by Crippen LogP contribution is -2.38. The number of ether oxygens (including phenoxy) is 1. The summed E-state index contributed by atoms with van der Waals surface area (Å²) in [5.41, 5.74) is -0.195. The molecule has 1 aromatic carbocycles. The first-order valence-corrected chi connectivity index (χ1v) is 6.77. The van der Waals surface area contributed by atoms with Gasteiger partial charge in [0.05, 0.1) is 6.33 Å². The minimum atomic E-state index is -0.845. The summed E-state index contributed by atoms with van der Waals surface area (Å²) in [6.45, 7) is 2.07. The molecule has 0 fully saturated rings. The number of aromatic nitrogens is 2. The average Bonchev–Trinajstić information content (AvgIpc) is 2.51. The summed E-state index contributed by atoms with van der Waals surface area (Å²) in [5.74, 6) is -0.891. The van der Waals surface area contributed by atoms with Crippen LogP contribution in [0.1, 0.15) is 6.92 Å². The molecule has 0 saturated carbocycles. The zero-order valence-electron chi connectivity index (χ0n) is 12.0. The molecule has 1 amide bonds. The summed E-state index contributed by atoms with van der Waals surface area (Å²) in [7, 11) is 0. The van der Waals surface area contributed by atoms with Crippen LogP contribution in [0.2, 0.25) is 0 Å². The Hall–Kier alpha value is -2.70. The van der Waals surface area contributed by atoms with Crippen LogP contribution in [0.3, 0.4) is 0 Å². The summed E-state index contributed by atoms with van der Waals surface area (Å²) >= 11 is 0. The van der Waals surface area contributed by atoms with Crippen LogP contribution in [0.5, 0.6) is 5.75 Å². The molecule has 0 saturated heterocycles. The van der Waals surface area contributed by atoms with E-state index in [0.717, 1.165) is 0 Å². The predicted molar refractivity (Wildman–Crippen MR) is 78.0 cm³/mol. The molecule has 1 unspecified atom stereocenters. The van der Waals surface area contributed by atoms with Crippen molar-refractivity contribution < 1.29 is 13.9 Å². The smallest absolute Gasteiger partial charge is 0.260 e. The Kier molecular flexibility index (Phi) is 5.24. The fraction of sp³-hybridized carbons (Fsp3) is 0.267. The number of benzene rings is 1. The van der Waals surface area contributed by atoms with E-state index >= 15 is 0 Å². The first-order valence-electron chi connectivity index (χ1n) is 6.77. The molecule has 1 aromatic heterocycles. The van der Waals surface area contributed by atoms with Gasteiger partial charge in [0.2, 0.25) is 0 Å². The molecular weight excluding hydrogens is 289 g/mol. The zero-order chi connectivity index (χ0) is 15.9. The van der Waals surface area contributed by atoms with Crippen LogP contribution in [-0.4, -0.2) is 28.1 Å². The van der Waals surface area contributed by atoms with Crippen LogP contribution >= 0.6 is 0 Å². The van der Waals surface area contributed by atoms with Crippen molar-refractivity contribution in [2.75, 3.05) is 6.54 Å². The second-order valence-electron chi connectivity index (χ2n) is 4.59. The summed E-state index contributed by atoms with van der Waals surface area (Å²) < 4.78 is 20.1. The third kappa shape index (κ3) is 4.15. The number of halogens is 1. The second-order valence-corrected chi connectivity index (χ2v) is 4.59. The van der Waals surface area contributed by atoms with Crippen LogP contribution < -0.4 is 15.6 Å². The fourth-order valence-electron chi connectivity index (χ4n) is 1.77. The van der Waals surface area contributed by atoms with E-state index in [1.165, 1.54) is 42.2 Å². The maximum absolute atomic E-state index is 13.4. The highest BCUT2D eigenvalue weighted by molar-refractivity contribution is 5.80. The van der Waals surface area contributed by atoms with Gasteiger partial charge in [0.15, 0.2) is 17.7 Å². The van der Waals surface area contributed by atoms with Crippen molar-refractivity contribution in [2.24, 2.45) is 0 Å². The van der Waals surface area contributed by atoms with Crippen LogP contribution in [0.25, 0.3) is 0 Å². The Morgan fingerprint density at radius 3 is 2.91 bits per heavy atom. The van der Waals surface area contributed by atoms with E-state index in [4.69, 9.17) is 4.74 Å². The van der Waals surface area contributed by atoms with Crippen molar-refractivity contribution in [2.45, 2.75) is 19.6 Å². The molecule has 0 radical (unpaired) electrons. The normalized spacial score (nSPS) is 11.7. The van der Waals surface area contributed by atoms with E-state index in [9.17, 15) is 14.0 Å². The van der Waals surface area contributed by atoms with Gasteiger partial charge < -0.3 is 10.1 Å². The Morgan fingerprint density at radius 1 is 1.41 bits per heavy atom. The maximum atomic E-state index is 13.4. The summed E-state index contributed by atoms with van der Waals surface area (Å²) in [6, 6.07) is 7.21. The average molecular weight is 305 g/mol. The SMILES string of the molecule is CC(Oc1ccccc1F)C(=O)NCCn1cnccc1=O. The van der Waals surface area contributed by atoms with Gasteiger partial charge in [0.25, 0.3) is 11.5 Å². The minimum absolute atomic E-state index is 0.0219. The second kappa shape index (κ2) is 7.35. The van der Waals surface area contributed by atoms with E-state index in [1.807, 2.05) is 0 Å². The maximum Gasteiger partial charge on any atom is 0.260 e. The summed E-state index contributed by atoms with van der Waals surface area (Å²) in [6.07, 6.45) is 1.96. The van der Waals surface area contributed by atoms with Crippen molar-refractivity contribution in [3.8, 4) is 5.75 Å². The fourth-order valence-corrected chi connectivity index (χ4v) is 1.77. The predicted octanol–water partition coefficient (Wildman–Crippen LogP) is 0.966. The van der Waals surface area contributed by atoms with Crippen LogP contribution in [0.4, 0.5) is 4.39 Å². The summed E-state index contributed by atoms with van der Waals surface area (Å²) in [5, 5.41) is 2.62. The van der Waals surface area contributed by atoms with Gasteiger partial charge in [0.1, 0.15) is 0 Å². The highest BCUT2D eigenvalue weighted by atomic mass is 19.1.